The molecule has 0 aliphatic rings. The predicted octanol–water partition coefficient (Wildman–Crippen LogP) is 4.24. The van der Waals surface area contributed by atoms with Crippen LogP contribution in [0.1, 0.15) is 53.6 Å². The number of hydrogen-bond donors (Lipinski definition) is 1. The van der Waals surface area contributed by atoms with E-state index in [1.807, 2.05) is 24.5 Å². The molecule has 0 radical (unpaired) electrons. The fraction of sp³-hybridized carbons (Fsp3) is 0.450. The lowest BCUT2D eigenvalue weighted by molar-refractivity contribution is 0.0939. The van der Waals surface area contributed by atoms with Gasteiger partial charge in [0, 0.05) is 18.8 Å². The molecule has 1 N–H and O–H groups in total. The van der Waals surface area contributed by atoms with E-state index in [0.29, 0.717) is 24.7 Å². The summed E-state index contributed by atoms with van der Waals surface area (Å²) < 4.78 is 15.5. The number of amides is 1. The number of carbonyl (C=O) groups excluding carboxylic acids is 1. The van der Waals surface area contributed by atoms with Crippen molar-refractivity contribution in [2.75, 3.05) is 6.54 Å². The van der Waals surface area contributed by atoms with E-state index in [2.05, 4.69) is 26.1 Å². The normalized spacial score (nSPS) is 11.1. The lowest BCUT2D eigenvalue weighted by Crippen LogP contribution is -2.30. The van der Waals surface area contributed by atoms with Crippen LogP contribution in [-0.4, -0.2) is 17.0 Å². The molecule has 1 aromatic heterocycles. The van der Waals surface area contributed by atoms with Crippen LogP contribution in [0.25, 0.3) is 0 Å². The van der Waals surface area contributed by atoms with Gasteiger partial charge in [0.05, 0.1) is 0 Å². The molecule has 4 heteroatoms. The summed E-state index contributed by atoms with van der Waals surface area (Å²) in [5, 5.41) is 3.01. The number of rotatable bonds is 6. The maximum absolute atomic E-state index is 13.5. The summed E-state index contributed by atoms with van der Waals surface area (Å²) in [6, 6.07) is 6.55. The number of aromatic nitrogens is 1. The first-order valence-corrected chi connectivity index (χ1v) is 8.56. The molecule has 2 rings (SSSR count). The molecular weight excluding hydrogens is 303 g/mol. The molecule has 0 bridgehead atoms. The van der Waals surface area contributed by atoms with Gasteiger partial charge >= 0.3 is 0 Å². The molecular formula is C20H27FN2O. The van der Waals surface area contributed by atoms with Crippen LogP contribution in [0.2, 0.25) is 0 Å². The number of carbonyl (C=O) groups is 1. The van der Waals surface area contributed by atoms with E-state index >= 15 is 0 Å². The quantitative estimate of drug-likeness (QED) is 0.844. The average molecular weight is 330 g/mol. The molecule has 0 aliphatic carbocycles. The smallest absolute Gasteiger partial charge is 0.268 e. The first kappa shape index (κ1) is 18.2. The Morgan fingerprint density at radius 1 is 1.29 bits per heavy atom. The Kier molecular flexibility index (Phi) is 5.81. The van der Waals surface area contributed by atoms with Gasteiger partial charge in [-0.05, 0) is 55.0 Å². The summed E-state index contributed by atoms with van der Waals surface area (Å²) >= 11 is 0. The van der Waals surface area contributed by atoms with Gasteiger partial charge in [-0.1, -0.05) is 32.9 Å². The Morgan fingerprint density at radius 3 is 2.58 bits per heavy atom. The van der Waals surface area contributed by atoms with E-state index in [1.54, 1.807) is 6.07 Å². The predicted molar refractivity (Wildman–Crippen MR) is 96.0 cm³/mol. The number of halogens is 1. The van der Waals surface area contributed by atoms with Gasteiger partial charge in [-0.15, -0.1) is 0 Å². The van der Waals surface area contributed by atoms with E-state index < -0.39 is 0 Å². The highest BCUT2D eigenvalue weighted by molar-refractivity contribution is 5.95. The third-order valence-electron chi connectivity index (χ3n) is 4.39. The van der Waals surface area contributed by atoms with Crippen molar-refractivity contribution in [2.45, 2.75) is 47.6 Å². The van der Waals surface area contributed by atoms with Crippen molar-refractivity contribution in [3.05, 3.63) is 58.2 Å². The lowest BCUT2D eigenvalue weighted by Gasteiger charge is -2.14. The van der Waals surface area contributed by atoms with Crippen molar-refractivity contribution < 1.29 is 9.18 Å². The Morgan fingerprint density at radius 2 is 2.00 bits per heavy atom. The first-order chi connectivity index (χ1) is 11.3. The molecule has 0 unspecified atom stereocenters. The maximum Gasteiger partial charge on any atom is 0.268 e. The molecule has 0 saturated heterocycles. The van der Waals surface area contributed by atoms with E-state index in [-0.39, 0.29) is 11.7 Å². The summed E-state index contributed by atoms with van der Waals surface area (Å²) in [6.07, 6.45) is 0.873. The minimum Gasteiger partial charge on any atom is -0.350 e. The zero-order valence-corrected chi connectivity index (χ0v) is 15.2. The van der Waals surface area contributed by atoms with Gasteiger partial charge in [-0.2, -0.15) is 0 Å². The molecule has 24 heavy (non-hydrogen) atoms. The fourth-order valence-corrected chi connectivity index (χ4v) is 3.16. The van der Waals surface area contributed by atoms with Gasteiger partial charge in [-0.25, -0.2) is 4.39 Å². The second kappa shape index (κ2) is 7.65. The zero-order chi connectivity index (χ0) is 17.9. The van der Waals surface area contributed by atoms with Crippen LogP contribution in [0.3, 0.4) is 0 Å². The van der Waals surface area contributed by atoms with Gasteiger partial charge in [0.25, 0.3) is 5.91 Å². The van der Waals surface area contributed by atoms with Crippen molar-refractivity contribution in [1.29, 1.82) is 0 Å². The van der Waals surface area contributed by atoms with Gasteiger partial charge in [0.15, 0.2) is 0 Å². The minimum atomic E-state index is -0.254. The van der Waals surface area contributed by atoms with Crippen LogP contribution in [-0.2, 0) is 13.0 Å². The first-order valence-electron chi connectivity index (χ1n) is 8.56. The van der Waals surface area contributed by atoms with Crippen LogP contribution in [0.5, 0.6) is 0 Å². The second-order valence-corrected chi connectivity index (χ2v) is 6.71. The lowest BCUT2D eigenvalue weighted by atomic mass is 10.1. The third kappa shape index (κ3) is 3.86. The van der Waals surface area contributed by atoms with Crippen LogP contribution >= 0.6 is 0 Å². The Bertz CT molecular complexity index is 731. The SMILES string of the molecule is CCc1c(C)c(C(=O)NCC(C)C)n(Cc2cccc(F)c2)c1C. The van der Waals surface area contributed by atoms with Gasteiger partial charge in [-0.3, -0.25) is 4.79 Å². The van der Waals surface area contributed by atoms with Crippen molar-refractivity contribution in [1.82, 2.24) is 9.88 Å². The van der Waals surface area contributed by atoms with Crippen LogP contribution in [0.4, 0.5) is 4.39 Å². The molecule has 0 atom stereocenters. The number of nitrogens with zero attached hydrogens (tertiary/aromatic N) is 1. The summed E-state index contributed by atoms with van der Waals surface area (Å²) in [7, 11) is 0. The van der Waals surface area contributed by atoms with Crippen LogP contribution in [0.15, 0.2) is 24.3 Å². The zero-order valence-electron chi connectivity index (χ0n) is 15.2. The van der Waals surface area contributed by atoms with Crippen molar-refractivity contribution >= 4 is 5.91 Å². The summed E-state index contributed by atoms with van der Waals surface area (Å²) in [6.45, 7) is 11.4. The monoisotopic (exact) mass is 330 g/mol. The minimum absolute atomic E-state index is 0.0552. The van der Waals surface area contributed by atoms with E-state index in [9.17, 15) is 9.18 Å². The number of nitrogens with one attached hydrogen (secondary N) is 1. The topological polar surface area (TPSA) is 34.0 Å². The second-order valence-electron chi connectivity index (χ2n) is 6.71. The molecule has 0 spiro atoms. The third-order valence-corrected chi connectivity index (χ3v) is 4.39. The summed E-state index contributed by atoms with van der Waals surface area (Å²) in [5.74, 6) is 0.0867. The highest BCUT2D eigenvalue weighted by Crippen LogP contribution is 2.24. The molecule has 2 aromatic rings. The average Bonchev–Trinajstić information content (AvgIpc) is 2.75. The molecule has 0 saturated carbocycles. The Labute approximate surface area is 143 Å². The Hall–Kier alpha value is -2.10. The highest BCUT2D eigenvalue weighted by Gasteiger charge is 2.22. The van der Waals surface area contributed by atoms with Crippen molar-refractivity contribution in [3.8, 4) is 0 Å². The number of benzene rings is 1. The molecule has 1 amide bonds. The van der Waals surface area contributed by atoms with E-state index in [1.165, 1.54) is 17.7 Å². The molecule has 3 nitrogen and oxygen atoms in total. The highest BCUT2D eigenvalue weighted by atomic mass is 19.1. The molecule has 0 fully saturated rings. The molecule has 0 aliphatic heterocycles. The Balaban J connectivity index is 2.43. The van der Waals surface area contributed by atoms with Crippen molar-refractivity contribution in [2.24, 2.45) is 5.92 Å². The summed E-state index contributed by atoms with van der Waals surface area (Å²) in [4.78, 5) is 12.7. The molecule has 1 heterocycles. The molecule has 1 aromatic carbocycles. The number of hydrogen-bond acceptors (Lipinski definition) is 1. The van der Waals surface area contributed by atoms with Gasteiger partial charge < -0.3 is 9.88 Å². The van der Waals surface area contributed by atoms with Crippen LogP contribution in [0, 0.1) is 25.6 Å². The standard InChI is InChI=1S/C20H27FN2O/c1-6-18-14(4)19(20(24)22-11-13(2)3)23(15(18)5)12-16-8-7-9-17(21)10-16/h7-10,13H,6,11-12H2,1-5H3,(H,22,24). The van der Waals surface area contributed by atoms with Gasteiger partial charge in [0.1, 0.15) is 11.5 Å². The van der Waals surface area contributed by atoms with Crippen LogP contribution < -0.4 is 5.32 Å². The molecule has 130 valence electrons. The summed E-state index contributed by atoms with van der Waals surface area (Å²) in [5.41, 5.74) is 4.84. The van der Waals surface area contributed by atoms with E-state index in [4.69, 9.17) is 0 Å². The van der Waals surface area contributed by atoms with E-state index in [0.717, 1.165) is 23.2 Å². The van der Waals surface area contributed by atoms with Crippen molar-refractivity contribution in [3.63, 3.8) is 0 Å². The fourth-order valence-electron chi connectivity index (χ4n) is 3.16. The largest absolute Gasteiger partial charge is 0.350 e. The van der Waals surface area contributed by atoms with Gasteiger partial charge in [0.2, 0.25) is 0 Å². The maximum atomic E-state index is 13.5.